The van der Waals surface area contributed by atoms with Crippen LogP contribution in [0.25, 0.3) is 21.8 Å². The molecule has 5 heterocycles. The Kier molecular flexibility index (Phi) is 39.3. The number of rotatable bonds is 26. The van der Waals surface area contributed by atoms with Crippen molar-refractivity contribution in [2.75, 3.05) is 65.4 Å². The Morgan fingerprint density at radius 2 is 1.06 bits per heavy atom. The molecule has 43 nitrogen and oxygen atoms in total. The number of amides is 17. The smallest absolute Gasteiger partial charge is 0.303 e. The van der Waals surface area contributed by atoms with Crippen LogP contribution in [0.5, 0.6) is 5.75 Å². The fourth-order valence-electron chi connectivity index (χ4n) is 16.3. The highest BCUT2D eigenvalue weighted by Crippen LogP contribution is 2.30. The number of nitrogens with zero attached hydrogens (tertiary/aromatic N) is 5. The van der Waals surface area contributed by atoms with Crippen LogP contribution in [0, 0.1) is 5.92 Å². The lowest BCUT2D eigenvalue weighted by Gasteiger charge is -2.36. The number of unbranched alkanes of at least 4 members (excludes halogenated alkanes) is 2. The van der Waals surface area contributed by atoms with Gasteiger partial charge in [-0.2, -0.15) is 0 Å². The number of carbonyl (C=O) groups is 19. The second kappa shape index (κ2) is 49.8. The van der Waals surface area contributed by atoms with Crippen LogP contribution in [-0.4, -0.2) is 312 Å². The van der Waals surface area contributed by atoms with E-state index in [1.807, 2.05) is 6.92 Å². The van der Waals surface area contributed by atoms with Crippen molar-refractivity contribution >= 4 is 146 Å². The number of carboxylic acids is 1. The number of nitrogens with one attached hydrogen (secondary N) is 11. The van der Waals surface area contributed by atoms with Crippen molar-refractivity contribution in [2.45, 2.75) is 227 Å². The van der Waals surface area contributed by atoms with Crippen molar-refractivity contribution in [3.63, 3.8) is 0 Å². The number of phenolic OH excluding ortho intramolecular Hbond substituents is 1. The molecule has 0 unspecified atom stereocenters. The Bertz CT molecular complexity index is 5010. The fraction of sp³-hybridized carbons (Fsp3) is 0.534. The number of Topliss-reactive ketones (excluding diaryl/α,β-unsaturated/α-hetero) is 1. The van der Waals surface area contributed by atoms with E-state index in [1.54, 1.807) is 67.8 Å². The first kappa shape index (κ1) is 104. The number of aromatic nitrogens is 2. The van der Waals surface area contributed by atoms with Gasteiger partial charge in [-0.25, -0.2) is 0 Å². The van der Waals surface area contributed by atoms with Gasteiger partial charge in [-0.1, -0.05) is 88.1 Å². The molecule has 15 atom stereocenters. The number of aliphatic hydroxyl groups excluding tert-OH is 1. The lowest BCUT2D eigenvalue weighted by atomic mass is 9.90. The normalized spacial score (nSPS) is 25.1. The zero-order chi connectivity index (χ0) is 96.9. The third-order valence-corrected chi connectivity index (χ3v) is 24.8. The predicted octanol–water partition coefficient (Wildman–Crippen LogP) is -3.67. The Labute approximate surface area is 765 Å². The van der Waals surface area contributed by atoms with Crippen LogP contribution in [0.3, 0.4) is 0 Å². The second-order valence-corrected chi connectivity index (χ2v) is 34.5. The molecule has 3 aromatic carbocycles. The summed E-state index contributed by atoms with van der Waals surface area (Å²) in [6, 6.07) is -1.24. The van der Waals surface area contributed by atoms with E-state index in [9.17, 15) is 72.9 Å². The minimum atomic E-state index is -1.81. The first-order valence-corrected chi connectivity index (χ1v) is 45.2. The summed E-state index contributed by atoms with van der Waals surface area (Å²) < 4.78 is 0. The van der Waals surface area contributed by atoms with Gasteiger partial charge in [0, 0.05) is 125 Å². The topological polar surface area (TPSA) is 671 Å². The van der Waals surface area contributed by atoms with Crippen molar-refractivity contribution in [1.29, 1.82) is 0 Å². The predicted molar refractivity (Wildman–Crippen MR) is 481 cm³/mol. The summed E-state index contributed by atoms with van der Waals surface area (Å²) in [5.74, 6) is -21.6. The molecule has 0 radical (unpaired) electrons. The molecule has 0 saturated carbocycles. The number of fused-ring (bicyclic) bond motifs is 4. The number of thioether (sulfide) groups is 1. The van der Waals surface area contributed by atoms with E-state index in [2.05, 4.69) is 57.8 Å². The molecule has 0 aliphatic carbocycles. The van der Waals surface area contributed by atoms with Gasteiger partial charge in [-0.15, -0.1) is 11.8 Å². The molecule has 3 saturated heterocycles. The molecular weight excluding hydrogens is 1740 g/mol. The lowest BCUT2D eigenvalue weighted by molar-refractivity contribution is -0.149. The number of hydrogen-bond donors (Lipinski definition) is 19. The molecule has 44 heteroatoms. The number of aromatic hydroxyl groups is 1. The summed E-state index contributed by atoms with van der Waals surface area (Å²) >= 11 is 0.702. The number of H-pyrrole nitrogens is 2. The number of hydrogen-bond acceptors (Lipinski definition) is 24. The number of carbonyl (C=O) groups excluding carboxylic acids is 18. The van der Waals surface area contributed by atoms with E-state index >= 15 is 33.6 Å². The highest BCUT2D eigenvalue weighted by molar-refractivity contribution is 8.00. The summed E-state index contributed by atoms with van der Waals surface area (Å²) in [4.78, 5) is 285. The zero-order valence-corrected chi connectivity index (χ0v) is 75.6. The van der Waals surface area contributed by atoms with Crippen LogP contribution in [0.15, 0.2) is 85.2 Å². The first-order valence-electron chi connectivity index (χ1n) is 44.0. The van der Waals surface area contributed by atoms with Gasteiger partial charge in [0.05, 0.1) is 30.9 Å². The molecule has 2 aromatic heterocycles. The van der Waals surface area contributed by atoms with Crippen LogP contribution < -0.4 is 76.5 Å². The number of primary amides is 3. The van der Waals surface area contributed by atoms with Crippen molar-refractivity contribution in [1.82, 2.24) is 82.3 Å². The van der Waals surface area contributed by atoms with Crippen LogP contribution in [0.2, 0.25) is 0 Å². The maximum atomic E-state index is 15.8. The summed E-state index contributed by atoms with van der Waals surface area (Å²) in [6.45, 7) is 2.50. The van der Waals surface area contributed by atoms with E-state index in [0.717, 1.165) is 24.5 Å². The van der Waals surface area contributed by atoms with Gasteiger partial charge in [0.15, 0.2) is 5.78 Å². The number of carboxylic acid groups (broad SMARTS) is 1. The quantitative estimate of drug-likeness (QED) is 0.0254. The van der Waals surface area contributed by atoms with E-state index < -0.39 is 279 Å². The van der Waals surface area contributed by atoms with Crippen molar-refractivity contribution in [3.8, 4) is 5.75 Å². The highest BCUT2D eigenvalue weighted by atomic mass is 32.2. The van der Waals surface area contributed by atoms with E-state index in [4.69, 9.17) is 28.7 Å². The number of likely N-dealkylation sites (N-methyl/N-ethyl adjacent to an activating group) is 3. The van der Waals surface area contributed by atoms with Crippen molar-refractivity contribution in [3.05, 3.63) is 102 Å². The van der Waals surface area contributed by atoms with E-state index in [-0.39, 0.29) is 76.6 Å². The van der Waals surface area contributed by atoms with Crippen LogP contribution in [0.1, 0.15) is 140 Å². The molecule has 132 heavy (non-hydrogen) atoms. The maximum Gasteiger partial charge on any atom is 0.303 e. The van der Waals surface area contributed by atoms with Gasteiger partial charge >= 0.3 is 5.97 Å². The molecule has 718 valence electrons. The Morgan fingerprint density at radius 3 is 1.67 bits per heavy atom. The van der Waals surface area contributed by atoms with Gasteiger partial charge in [-0.05, 0) is 106 Å². The molecule has 3 aliphatic rings. The fourth-order valence-corrected chi connectivity index (χ4v) is 17.2. The summed E-state index contributed by atoms with van der Waals surface area (Å²) in [7, 11) is 3.81. The Balaban J connectivity index is 1.19. The molecule has 17 amide bonds. The first-order chi connectivity index (χ1) is 62.8. The van der Waals surface area contributed by atoms with E-state index in [0.29, 0.717) is 69.5 Å². The van der Waals surface area contributed by atoms with Crippen molar-refractivity contribution in [2.24, 2.45) is 34.6 Å². The average Bonchev–Trinajstić information content (AvgIpc) is 1.65. The number of aliphatic carboxylic acids is 1. The number of nitrogens with two attached hydrogens (primary N) is 5. The number of aromatic amines is 2. The Morgan fingerprint density at radius 1 is 0.523 bits per heavy atom. The lowest BCUT2D eigenvalue weighted by Crippen LogP contribution is -2.61. The summed E-state index contributed by atoms with van der Waals surface area (Å²) in [6.07, 6.45) is -2.07. The van der Waals surface area contributed by atoms with Crippen molar-refractivity contribution < 1.29 is 106 Å². The molecule has 8 rings (SSSR count). The average molecular weight is 1860 g/mol. The number of para-hydroxylation sites is 2. The Hall–Kier alpha value is -13.1. The number of benzene rings is 3. The number of ketones is 1. The van der Waals surface area contributed by atoms with Gasteiger partial charge in [0.1, 0.15) is 78.3 Å². The van der Waals surface area contributed by atoms with Gasteiger partial charge in [-0.3, -0.25) is 91.1 Å². The standard InChI is InChI=1S/C88H123N21O22S/c1-7-9-20-66-82(125)99-58(28-30-75(117)118)79(122)104-65(78(121)96-43-73(93)115)45-132-46-74(116)97-61(34-48-23-25-52(110)26-24-48)84(127)105(4)47(3)76(119)101-63(39-72(92)114)87(130)108-33-15-22-67(108)83(126)103-64(40-90)81(124)100-60(27-29-71(91)113)86(129)109-44-53(111)38-69(109)70(112)37-49(35-50-41-94-56-18-13-11-16-54(50)56)77(120)98-59(31-32-89)80(123)102-62(36-51-42-95-57-19-14-12-17-55(51)57)85(128)107(6)68(21-10-8-2)88(131)106(66)5/h11-14,16-19,23-26,41-42,47,49,53,58-69,94-95,110-111H,7-10,15,20-22,27-40,43-46,89-90H2,1-6H3,(H2,91,113)(H2,92,114)(H2,93,115)(H,96,121)(H,97,116)(H,98,120)(H,99,125)(H,100,124)(H,101,119)(H,102,123)(H,103,126)(H,104,122)(H,117,118)/t47-,49+,53+,58-,59-,60-,61-,62-,63-,64-,65-,66-,67-,68-,69-/m0/s1. The third-order valence-electron chi connectivity index (χ3n) is 23.8. The van der Waals surface area contributed by atoms with Gasteiger partial charge in [0.25, 0.3) is 0 Å². The minimum absolute atomic E-state index is 0.0292. The van der Waals surface area contributed by atoms with Crippen LogP contribution in [0.4, 0.5) is 0 Å². The largest absolute Gasteiger partial charge is 0.508 e. The van der Waals surface area contributed by atoms with E-state index in [1.165, 1.54) is 52.3 Å². The molecule has 3 aliphatic heterocycles. The second-order valence-electron chi connectivity index (χ2n) is 33.5. The molecule has 5 aromatic rings. The molecule has 0 bridgehead atoms. The highest BCUT2D eigenvalue weighted by Gasteiger charge is 2.47. The minimum Gasteiger partial charge on any atom is -0.508 e. The molecule has 0 spiro atoms. The summed E-state index contributed by atoms with van der Waals surface area (Å²) in [5.41, 5.74) is 31.7. The molecule has 24 N–H and O–H groups in total. The third kappa shape index (κ3) is 28.9. The zero-order valence-electron chi connectivity index (χ0n) is 74.8. The summed E-state index contributed by atoms with van der Waals surface area (Å²) in [5, 5.41) is 55.9. The van der Waals surface area contributed by atoms with Gasteiger partial charge < -0.3 is 126 Å². The van der Waals surface area contributed by atoms with Gasteiger partial charge in [0.2, 0.25) is 100 Å². The monoisotopic (exact) mass is 1860 g/mol. The molecular formula is C88H123N21O22S. The van der Waals surface area contributed by atoms with Crippen LogP contribution >= 0.6 is 11.8 Å². The SMILES string of the molecule is CCCC[C@H]1C(=O)N(C)[C@@H](CCCC)C(=O)N[C@@H](CCC(=O)O)C(=O)N[C@H](C(=O)NCC(N)=O)CSCC(=O)N[C@@H](Cc2ccc(O)cc2)C(=O)N(C)[C@@H](C)C(=O)N[C@@H](CC(N)=O)C(=O)N2CCC[C@H]2C(=O)N[C@@H](CN)C(=O)N[C@@H](CCC(N)=O)C(=O)N2C[C@H](O)C[C@H]2C(=O)C[C@@H](Cc2c[nH]c3ccccc23)C(=O)N[C@@H](CCN)C(=O)N[C@@H](Cc2c[nH]c3ccccc23)C(=O)N1C. The number of phenols is 1. The molecule has 3 fully saturated rings. The van der Waals surface area contributed by atoms with Crippen LogP contribution in [-0.2, 0) is 110 Å². The maximum absolute atomic E-state index is 15.8. The number of aliphatic hydroxyl groups is 1.